The van der Waals surface area contributed by atoms with Crippen molar-refractivity contribution in [2.75, 3.05) is 18.5 Å². The highest BCUT2D eigenvalue weighted by atomic mass is 32.1. The molecule has 0 spiro atoms. The van der Waals surface area contributed by atoms with E-state index < -0.39 is 0 Å². The lowest BCUT2D eigenvalue weighted by molar-refractivity contribution is 0.217. The SMILES string of the molecule is Cc1ccc(OCCOc2ccccc2/C=N/NC(=S)Nc2ccccc2)cc1C. The first-order valence-electron chi connectivity index (χ1n) is 9.69. The van der Waals surface area contributed by atoms with Gasteiger partial charge in [0.15, 0.2) is 5.11 Å². The highest BCUT2D eigenvalue weighted by Gasteiger charge is 2.02. The molecule has 6 heteroatoms. The number of nitrogens with zero attached hydrogens (tertiary/aromatic N) is 1. The molecular weight excluding hydrogens is 394 g/mol. The molecule has 0 atom stereocenters. The van der Waals surface area contributed by atoms with E-state index in [-0.39, 0.29) is 0 Å². The summed E-state index contributed by atoms with van der Waals surface area (Å²) in [5.41, 5.74) is 7.02. The van der Waals surface area contributed by atoms with E-state index >= 15 is 0 Å². The molecular formula is C24H25N3O2S. The van der Waals surface area contributed by atoms with E-state index in [1.165, 1.54) is 11.1 Å². The van der Waals surface area contributed by atoms with Gasteiger partial charge in [-0.3, -0.25) is 5.43 Å². The highest BCUT2D eigenvalue weighted by Crippen LogP contribution is 2.18. The molecule has 0 heterocycles. The number of nitrogens with one attached hydrogen (secondary N) is 2. The lowest BCUT2D eigenvalue weighted by Crippen LogP contribution is -2.23. The number of hydrazone groups is 1. The number of anilines is 1. The molecule has 3 aromatic carbocycles. The van der Waals surface area contributed by atoms with Crippen molar-refractivity contribution in [2.24, 2.45) is 5.10 Å². The summed E-state index contributed by atoms with van der Waals surface area (Å²) < 4.78 is 11.6. The third-order valence-electron chi connectivity index (χ3n) is 4.41. The average molecular weight is 420 g/mol. The zero-order valence-electron chi connectivity index (χ0n) is 17.1. The first kappa shape index (κ1) is 21.3. The second-order valence-electron chi connectivity index (χ2n) is 6.67. The minimum absolute atomic E-state index is 0.414. The Kier molecular flexibility index (Phi) is 7.80. The van der Waals surface area contributed by atoms with Crippen LogP contribution in [0.1, 0.15) is 16.7 Å². The van der Waals surface area contributed by atoms with Crippen molar-refractivity contribution in [3.8, 4) is 11.5 Å². The predicted molar refractivity (Wildman–Crippen MR) is 127 cm³/mol. The van der Waals surface area contributed by atoms with Gasteiger partial charge in [-0.05, 0) is 73.6 Å². The van der Waals surface area contributed by atoms with E-state index in [0.717, 1.165) is 22.7 Å². The molecule has 3 aromatic rings. The van der Waals surface area contributed by atoms with Crippen LogP contribution in [0, 0.1) is 13.8 Å². The number of ether oxygens (including phenoxy) is 2. The van der Waals surface area contributed by atoms with E-state index in [4.69, 9.17) is 21.7 Å². The van der Waals surface area contributed by atoms with Gasteiger partial charge in [-0.2, -0.15) is 5.10 Å². The Hall–Kier alpha value is -3.38. The summed E-state index contributed by atoms with van der Waals surface area (Å²) in [6.45, 7) is 5.04. The van der Waals surface area contributed by atoms with Crippen LogP contribution in [0.25, 0.3) is 0 Å². The molecule has 0 aromatic heterocycles. The predicted octanol–water partition coefficient (Wildman–Crippen LogP) is 5.08. The Morgan fingerprint density at radius 3 is 2.43 bits per heavy atom. The number of hydrogen-bond acceptors (Lipinski definition) is 4. The second kappa shape index (κ2) is 11.0. The van der Waals surface area contributed by atoms with Gasteiger partial charge in [-0.25, -0.2) is 0 Å². The summed E-state index contributed by atoms with van der Waals surface area (Å²) in [5, 5.41) is 7.68. The molecule has 0 saturated carbocycles. The summed E-state index contributed by atoms with van der Waals surface area (Å²) in [6, 6.07) is 23.4. The molecule has 0 aliphatic rings. The van der Waals surface area contributed by atoms with Crippen molar-refractivity contribution in [1.29, 1.82) is 0 Å². The van der Waals surface area contributed by atoms with Crippen LogP contribution in [0.2, 0.25) is 0 Å². The lowest BCUT2D eigenvalue weighted by atomic mass is 10.1. The maximum atomic E-state index is 5.87. The molecule has 0 unspecified atom stereocenters. The summed E-state index contributed by atoms with van der Waals surface area (Å²) >= 11 is 5.25. The quantitative estimate of drug-likeness (QED) is 0.231. The normalized spacial score (nSPS) is 10.6. The Labute approximate surface area is 182 Å². The zero-order chi connectivity index (χ0) is 21.2. The molecule has 5 nitrogen and oxygen atoms in total. The van der Waals surface area contributed by atoms with Crippen molar-refractivity contribution in [3.05, 3.63) is 89.5 Å². The van der Waals surface area contributed by atoms with Crippen LogP contribution in [-0.4, -0.2) is 24.5 Å². The monoisotopic (exact) mass is 419 g/mol. The smallest absolute Gasteiger partial charge is 0.191 e. The third-order valence-corrected chi connectivity index (χ3v) is 4.60. The topological polar surface area (TPSA) is 54.9 Å². The molecule has 0 fully saturated rings. The van der Waals surface area contributed by atoms with E-state index in [1.807, 2.05) is 66.7 Å². The fraction of sp³-hybridized carbons (Fsp3) is 0.167. The Morgan fingerprint density at radius 1 is 0.900 bits per heavy atom. The van der Waals surface area contributed by atoms with Crippen molar-refractivity contribution >= 4 is 29.2 Å². The van der Waals surface area contributed by atoms with Crippen LogP contribution >= 0.6 is 12.2 Å². The summed E-state index contributed by atoms with van der Waals surface area (Å²) in [4.78, 5) is 0. The van der Waals surface area contributed by atoms with Crippen LogP contribution in [0.4, 0.5) is 5.69 Å². The highest BCUT2D eigenvalue weighted by molar-refractivity contribution is 7.80. The second-order valence-corrected chi connectivity index (χ2v) is 7.08. The number of benzene rings is 3. The molecule has 0 bridgehead atoms. The molecule has 3 rings (SSSR count). The van der Waals surface area contributed by atoms with Gasteiger partial charge in [0, 0.05) is 11.3 Å². The number of rotatable bonds is 8. The summed E-state index contributed by atoms with van der Waals surface area (Å²) in [7, 11) is 0. The minimum Gasteiger partial charge on any atom is -0.490 e. The Bertz CT molecular complexity index is 1010. The fourth-order valence-electron chi connectivity index (χ4n) is 2.67. The average Bonchev–Trinajstić information content (AvgIpc) is 2.75. The molecule has 2 N–H and O–H groups in total. The first-order valence-corrected chi connectivity index (χ1v) is 10.1. The van der Waals surface area contributed by atoms with Crippen molar-refractivity contribution < 1.29 is 9.47 Å². The van der Waals surface area contributed by atoms with Gasteiger partial charge in [0.2, 0.25) is 0 Å². The standard InChI is InChI=1S/C24H25N3O2S/c1-18-12-13-22(16-19(18)2)28-14-15-29-23-11-7-6-8-20(23)17-25-27-24(30)26-21-9-4-3-5-10-21/h3-13,16-17H,14-15H2,1-2H3,(H2,26,27,30)/b25-17+. The van der Waals surface area contributed by atoms with Crippen LogP contribution in [0.3, 0.4) is 0 Å². The van der Waals surface area contributed by atoms with Crippen LogP contribution < -0.4 is 20.2 Å². The van der Waals surface area contributed by atoms with Gasteiger partial charge in [0.1, 0.15) is 24.7 Å². The fourth-order valence-corrected chi connectivity index (χ4v) is 2.85. The van der Waals surface area contributed by atoms with Crippen molar-refractivity contribution in [3.63, 3.8) is 0 Å². The van der Waals surface area contributed by atoms with Gasteiger partial charge in [0.25, 0.3) is 0 Å². The molecule has 0 radical (unpaired) electrons. The zero-order valence-corrected chi connectivity index (χ0v) is 17.9. The van der Waals surface area contributed by atoms with E-state index in [0.29, 0.717) is 18.3 Å². The first-order chi connectivity index (χ1) is 14.6. The van der Waals surface area contributed by atoms with Crippen LogP contribution in [0.15, 0.2) is 77.9 Å². The lowest BCUT2D eigenvalue weighted by Gasteiger charge is -2.11. The Morgan fingerprint density at radius 2 is 1.63 bits per heavy atom. The minimum atomic E-state index is 0.414. The molecule has 0 aliphatic heterocycles. The number of para-hydroxylation sites is 2. The molecule has 154 valence electrons. The molecule has 0 aliphatic carbocycles. The van der Waals surface area contributed by atoms with Gasteiger partial charge >= 0.3 is 0 Å². The van der Waals surface area contributed by atoms with Crippen molar-refractivity contribution in [2.45, 2.75) is 13.8 Å². The largest absolute Gasteiger partial charge is 0.490 e. The van der Waals surface area contributed by atoms with E-state index in [2.05, 4.69) is 35.8 Å². The number of hydrogen-bond donors (Lipinski definition) is 2. The van der Waals surface area contributed by atoms with Crippen LogP contribution in [0.5, 0.6) is 11.5 Å². The van der Waals surface area contributed by atoms with Crippen molar-refractivity contribution in [1.82, 2.24) is 5.43 Å². The van der Waals surface area contributed by atoms with Gasteiger partial charge in [-0.15, -0.1) is 0 Å². The van der Waals surface area contributed by atoms with Gasteiger partial charge in [-0.1, -0.05) is 36.4 Å². The van der Waals surface area contributed by atoms with Crippen LogP contribution in [-0.2, 0) is 0 Å². The number of aryl methyl sites for hydroxylation is 2. The van der Waals surface area contributed by atoms with Gasteiger partial charge in [0.05, 0.1) is 6.21 Å². The molecule has 30 heavy (non-hydrogen) atoms. The molecule has 0 amide bonds. The molecule has 0 saturated heterocycles. The van der Waals surface area contributed by atoms with E-state index in [1.54, 1.807) is 6.21 Å². The maximum absolute atomic E-state index is 5.87. The Balaban J connectivity index is 1.48. The van der Waals surface area contributed by atoms with E-state index in [9.17, 15) is 0 Å². The third kappa shape index (κ3) is 6.60. The summed E-state index contributed by atoms with van der Waals surface area (Å²) in [5.74, 6) is 1.58. The summed E-state index contributed by atoms with van der Waals surface area (Å²) in [6.07, 6.45) is 1.68. The maximum Gasteiger partial charge on any atom is 0.191 e. The van der Waals surface area contributed by atoms with Gasteiger partial charge < -0.3 is 14.8 Å². The number of thiocarbonyl (C=S) groups is 1.